The topological polar surface area (TPSA) is 107 Å². The van der Waals surface area contributed by atoms with E-state index >= 15 is 0 Å². The average molecular weight is 494 g/mol. The van der Waals surface area contributed by atoms with Crippen LogP contribution in [0.3, 0.4) is 0 Å². The molecule has 9 nitrogen and oxygen atoms in total. The molecule has 2 heterocycles. The molecule has 0 unspecified atom stereocenters. The third-order valence-electron chi connectivity index (χ3n) is 6.11. The quantitative estimate of drug-likeness (QED) is 0.496. The molecule has 190 valence electrons. The Labute approximate surface area is 210 Å². The number of phenolic OH excluding ortho intramolecular Hbond substituents is 2. The molecule has 0 radical (unpaired) electrons. The number of hydrogen-bond acceptors (Lipinski definition) is 7. The lowest BCUT2D eigenvalue weighted by atomic mass is 10.1. The second kappa shape index (κ2) is 10.3. The second-order valence-corrected chi connectivity index (χ2v) is 9.30. The maximum Gasteiger partial charge on any atom is 0.258 e. The van der Waals surface area contributed by atoms with Gasteiger partial charge in [-0.2, -0.15) is 0 Å². The SMILES string of the molecule is Cc1ccc(CN(C)C(=O)c2cc(C(=O)N3Cc4ccc(OCCN(C)C)cc4C3)c(O)cc2O)o1. The zero-order valence-corrected chi connectivity index (χ0v) is 20.9. The van der Waals surface area contributed by atoms with Crippen LogP contribution in [0.1, 0.15) is 43.4 Å². The van der Waals surface area contributed by atoms with Crippen molar-refractivity contribution in [3.05, 3.63) is 76.2 Å². The number of carbonyl (C=O) groups excluding carboxylic acids is 2. The molecule has 0 aliphatic carbocycles. The number of hydrogen-bond donors (Lipinski definition) is 2. The average Bonchev–Trinajstić information content (AvgIpc) is 3.43. The molecule has 2 aromatic carbocycles. The lowest BCUT2D eigenvalue weighted by molar-refractivity contribution is 0.0748. The summed E-state index contributed by atoms with van der Waals surface area (Å²) in [6.07, 6.45) is 0. The van der Waals surface area contributed by atoms with E-state index in [1.165, 1.54) is 11.0 Å². The Morgan fingerprint density at radius 1 is 0.972 bits per heavy atom. The van der Waals surface area contributed by atoms with Crippen LogP contribution < -0.4 is 4.74 Å². The molecule has 0 saturated carbocycles. The standard InChI is InChI=1S/C27H31N3O6/c1-17-5-7-21(36-17)16-29(4)26(33)22-12-23(25(32)13-24(22)31)27(34)30-14-18-6-8-20(11-19(18)15-30)35-10-9-28(2)3/h5-8,11-13,31-32H,9-10,14-16H2,1-4H3. The van der Waals surface area contributed by atoms with Crippen molar-refractivity contribution < 1.29 is 29.0 Å². The van der Waals surface area contributed by atoms with Crippen LogP contribution in [0.15, 0.2) is 46.9 Å². The minimum absolute atomic E-state index is 0.0475. The summed E-state index contributed by atoms with van der Waals surface area (Å²) in [6, 6.07) is 11.6. The van der Waals surface area contributed by atoms with Gasteiger partial charge in [0, 0.05) is 32.7 Å². The number of phenols is 2. The van der Waals surface area contributed by atoms with E-state index in [-0.39, 0.29) is 23.4 Å². The van der Waals surface area contributed by atoms with Crippen molar-refractivity contribution in [2.75, 3.05) is 34.3 Å². The molecular formula is C27H31N3O6. The summed E-state index contributed by atoms with van der Waals surface area (Å²) in [6.45, 7) is 4.06. The first-order chi connectivity index (χ1) is 17.1. The molecule has 1 aliphatic heterocycles. The van der Waals surface area contributed by atoms with Crippen LogP contribution in [0, 0.1) is 6.92 Å². The number of ether oxygens (including phenoxy) is 1. The summed E-state index contributed by atoms with van der Waals surface area (Å²) in [7, 11) is 5.53. The van der Waals surface area contributed by atoms with E-state index in [0.29, 0.717) is 25.5 Å². The maximum atomic E-state index is 13.3. The minimum Gasteiger partial charge on any atom is -0.507 e. The number of aryl methyl sites for hydroxylation is 1. The third kappa shape index (κ3) is 5.46. The van der Waals surface area contributed by atoms with Crippen LogP contribution in [0.25, 0.3) is 0 Å². The van der Waals surface area contributed by atoms with Gasteiger partial charge in [0.05, 0.1) is 17.7 Å². The van der Waals surface area contributed by atoms with Gasteiger partial charge in [0.2, 0.25) is 0 Å². The van der Waals surface area contributed by atoms with E-state index in [0.717, 1.165) is 35.2 Å². The highest BCUT2D eigenvalue weighted by molar-refractivity contribution is 6.03. The van der Waals surface area contributed by atoms with Gasteiger partial charge >= 0.3 is 0 Å². The largest absolute Gasteiger partial charge is 0.507 e. The van der Waals surface area contributed by atoms with Crippen molar-refractivity contribution in [2.24, 2.45) is 0 Å². The number of fused-ring (bicyclic) bond motifs is 1. The highest BCUT2D eigenvalue weighted by Crippen LogP contribution is 2.33. The van der Waals surface area contributed by atoms with Crippen LogP contribution in [0.2, 0.25) is 0 Å². The smallest absolute Gasteiger partial charge is 0.258 e. The first kappa shape index (κ1) is 25.1. The minimum atomic E-state index is -0.500. The van der Waals surface area contributed by atoms with E-state index in [2.05, 4.69) is 0 Å². The first-order valence-corrected chi connectivity index (χ1v) is 11.7. The van der Waals surface area contributed by atoms with Gasteiger partial charge in [0.25, 0.3) is 11.8 Å². The summed E-state index contributed by atoms with van der Waals surface area (Å²) in [5.74, 6) is 0.336. The molecule has 4 rings (SSSR count). The molecule has 2 amide bonds. The molecule has 0 bridgehead atoms. The fourth-order valence-electron chi connectivity index (χ4n) is 4.12. The number of amides is 2. The Kier molecular flexibility index (Phi) is 7.21. The van der Waals surface area contributed by atoms with Crippen LogP contribution in [0.4, 0.5) is 0 Å². The zero-order chi connectivity index (χ0) is 26.0. The normalized spacial score (nSPS) is 12.6. The van der Waals surface area contributed by atoms with E-state index in [4.69, 9.17) is 9.15 Å². The molecule has 2 N–H and O–H groups in total. The van der Waals surface area contributed by atoms with Crippen LogP contribution in [-0.2, 0) is 19.6 Å². The Balaban J connectivity index is 1.49. The summed E-state index contributed by atoms with van der Waals surface area (Å²) >= 11 is 0. The lowest BCUT2D eigenvalue weighted by Gasteiger charge is -2.19. The van der Waals surface area contributed by atoms with Crippen molar-refractivity contribution in [1.82, 2.24) is 14.7 Å². The van der Waals surface area contributed by atoms with Crippen LogP contribution >= 0.6 is 0 Å². The highest BCUT2D eigenvalue weighted by Gasteiger charge is 2.29. The van der Waals surface area contributed by atoms with Crippen molar-refractivity contribution in [3.8, 4) is 17.2 Å². The van der Waals surface area contributed by atoms with Gasteiger partial charge in [-0.1, -0.05) is 6.07 Å². The Bertz CT molecular complexity index is 1280. The first-order valence-electron chi connectivity index (χ1n) is 11.7. The predicted octanol–water partition coefficient (Wildman–Crippen LogP) is 3.37. The highest BCUT2D eigenvalue weighted by atomic mass is 16.5. The molecule has 0 atom stereocenters. The van der Waals surface area contributed by atoms with Crippen molar-refractivity contribution in [1.29, 1.82) is 0 Å². The number of carbonyl (C=O) groups is 2. The fraction of sp³-hybridized carbons (Fsp3) is 0.333. The van der Waals surface area contributed by atoms with Gasteiger partial charge in [-0.25, -0.2) is 0 Å². The van der Waals surface area contributed by atoms with Crippen LogP contribution in [-0.4, -0.2) is 71.0 Å². The number of nitrogens with zero attached hydrogens (tertiary/aromatic N) is 3. The molecular weight excluding hydrogens is 462 g/mol. The van der Waals surface area contributed by atoms with E-state index in [1.807, 2.05) is 44.1 Å². The summed E-state index contributed by atoms with van der Waals surface area (Å²) in [5, 5.41) is 20.8. The van der Waals surface area contributed by atoms with Gasteiger partial charge in [0.15, 0.2) is 0 Å². The van der Waals surface area contributed by atoms with E-state index in [9.17, 15) is 19.8 Å². The van der Waals surface area contributed by atoms with Gasteiger partial charge in [-0.3, -0.25) is 9.59 Å². The number of likely N-dealkylation sites (N-methyl/N-ethyl adjacent to an activating group) is 1. The molecule has 0 fully saturated rings. The molecule has 36 heavy (non-hydrogen) atoms. The number of furan rings is 1. The van der Waals surface area contributed by atoms with Crippen LogP contribution in [0.5, 0.6) is 17.2 Å². The fourth-order valence-corrected chi connectivity index (χ4v) is 4.12. The van der Waals surface area contributed by atoms with Gasteiger partial charge in [-0.05, 0) is 62.5 Å². The van der Waals surface area contributed by atoms with Gasteiger partial charge in [0.1, 0.15) is 35.4 Å². The Morgan fingerprint density at radius 2 is 1.69 bits per heavy atom. The van der Waals surface area contributed by atoms with Crippen molar-refractivity contribution in [3.63, 3.8) is 0 Å². The lowest BCUT2D eigenvalue weighted by Crippen LogP contribution is -2.28. The molecule has 3 aromatic rings. The van der Waals surface area contributed by atoms with Gasteiger partial charge in [-0.15, -0.1) is 0 Å². The Morgan fingerprint density at radius 3 is 2.39 bits per heavy atom. The molecule has 1 aromatic heterocycles. The molecule has 0 saturated heterocycles. The summed E-state index contributed by atoms with van der Waals surface area (Å²) in [5.41, 5.74) is 1.84. The predicted molar refractivity (Wildman–Crippen MR) is 133 cm³/mol. The number of aromatic hydroxyl groups is 2. The Hall–Kier alpha value is -3.98. The maximum absolute atomic E-state index is 13.3. The number of benzene rings is 2. The third-order valence-corrected chi connectivity index (χ3v) is 6.11. The summed E-state index contributed by atoms with van der Waals surface area (Å²) < 4.78 is 11.3. The molecule has 9 heteroatoms. The second-order valence-electron chi connectivity index (χ2n) is 9.30. The van der Waals surface area contributed by atoms with Gasteiger partial charge < -0.3 is 34.1 Å². The zero-order valence-electron chi connectivity index (χ0n) is 20.9. The summed E-state index contributed by atoms with van der Waals surface area (Å²) in [4.78, 5) is 31.4. The van der Waals surface area contributed by atoms with Crippen molar-refractivity contribution in [2.45, 2.75) is 26.6 Å². The molecule has 0 spiro atoms. The van der Waals surface area contributed by atoms with E-state index in [1.54, 1.807) is 24.1 Å². The number of rotatable bonds is 8. The molecule has 1 aliphatic rings. The van der Waals surface area contributed by atoms with E-state index < -0.39 is 17.6 Å². The monoisotopic (exact) mass is 493 g/mol. The van der Waals surface area contributed by atoms with Crippen molar-refractivity contribution >= 4 is 11.8 Å².